The van der Waals surface area contributed by atoms with Crippen LogP contribution in [0.1, 0.15) is 69.1 Å². The molecule has 57 heavy (non-hydrogen) atoms. The van der Waals surface area contributed by atoms with Gasteiger partial charge in [-0.15, -0.1) is 0 Å². The van der Waals surface area contributed by atoms with Gasteiger partial charge < -0.3 is 9.30 Å². The molecule has 0 N–H and O–H groups in total. The molecule has 1 aromatic heterocycles. The van der Waals surface area contributed by atoms with Gasteiger partial charge in [0.15, 0.2) is 5.60 Å². The molecule has 0 amide bonds. The average molecular weight is 745 g/mol. The number of aliphatic imine (C=N–C) groups is 1. The molecule has 6 aromatic carbocycles. The van der Waals surface area contributed by atoms with Gasteiger partial charge in [0.25, 0.3) is 0 Å². The molecule has 3 nitrogen and oxygen atoms in total. The lowest BCUT2D eigenvalue weighted by Crippen LogP contribution is -2.43. The van der Waals surface area contributed by atoms with Crippen molar-refractivity contribution in [3.05, 3.63) is 193 Å². The van der Waals surface area contributed by atoms with Gasteiger partial charge in [-0.25, -0.2) is 0 Å². The Kier molecular flexibility index (Phi) is 10.0. The van der Waals surface area contributed by atoms with Crippen molar-refractivity contribution in [3.8, 4) is 39.1 Å². The molecule has 2 aliphatic rings. The van der Waals surface area contributed by atoms with E-state index in [-0.39, 0.29) is 17.3 Å². The highest BCUT2D eigenvalue weighted by atomic mass is 16.5. The lowest BCUT2D eigenvalue weighted by atomic mass is 9.63. The molecule has 1 aliphatic carbocycles. The SMILES string of the molecule is CCCc1cccc2c1N=C(CCn1cccc1)[C@]1(Oc3c(-c4ccccc4)cc(-c4ccccc4)cc3-c3ccccc3)CC1C(C)(c1ccccc1)C2CC. The Hall–Kier alpha value is -5.93. The molecule has 284 valence electrons. The fraction of sp³-hybridized carbons (Fsp3) is 0.241. The van der Waals surface area contributed by atoms with Crippen LogP contribution in [0.25, 0.3) is 33.4 Å². The van der Waals surface area contributed by atoms with Crippen LogP contribution in [-0.2, 0) is 18.4 Å². The Labute approximate surface area is 338 Å². The van der Waals surface area contributed by atoms with Crippen LogP contribution >= 0.6 is 0 Å². The number of aromatic nitrogens is 1. The summed E-state index contributed by atoms with van der Waals surface area (Å²) in [6, 6.07) is 59.6. The van der Waals surface area contributed by atoms with Crippen molar-refractivity contribution >= 4 is 11.4 Å². The second kappa shape index (κ2) is 15.5. The van der Waals surface area contributed by atoms with Gasteiger partial charge in [-0.05, 0) is 82.0 Å². The molecule has 1 saturated carbocycles. The quantitative estimate of drug-likeness (QED) is 0.122. The minimum atomic E-state index is -0.635. The minimum absolute atomic E-state index is 0.185. The summed E-state index contributed by atoms with van der Waals surface area (Å²) in [5.41, 5.74) is 12.4. The van der Waals surface area contributed by atoms with Crippen LogP contribution in [0, 0.1) is 5.92 Å². The highest BCUT2D eigenvalue weighted by molar-refractivity contribution is 6.00. The first-order valence-electron chi connectivity index (χ1n) is 20.9. The molecule has 7 aromatic rings. The van der Waals surface area contributed by atoms with Gasteiger partial charge in [-0.2, -0.15) is 0 Å². The Bertz CT molecular complexity index is 2410. The van der Waals surface area contributed by atoms with Crippen LogP contribution in [0.3, 0.4) is 0 Å². The molecule has 4 atom stereocenters. The number of hydrogen-bond donors (Lipinski definition) is 0. The van der Waals surface area contributed by atoms with Gasteiger partial charge in [-0.3, -0.25) is 4.99 Å². The minimum Gasteiger partial charge on any atom is -0.480 e. The molecule has 1 aliphatic heterocycles. The number of aryl methyl sites for hydroxylation is 2. The smallest absolute Gasteiger partial charge is 0.151 e. The van der Waals surface area contributed by atoms with Gasteiger partial charge >= 0.3 is 0 Å². The lowest BCUT2D eigenvalue weighted by molar-refractivity contribution is 0.183. The van der Waals surface area contributed by atoms with E-state index >= 15 is 0 Å². The zero-order chi connectivity index (χ0) is 38.8. The molecule has 3 heteroatoms. The highest BCUT2D eigenvalue weighted by Crippen LogP contribution is 2.66. The van der Waals surface area contributed by atoms with Crippen LogP contribution < -0.4 is 4.74 Å². The van der Waals surface area contributed by atoms with Crippen LogP contribution in [0.5, 0.6) is 5.75 Å². The third kappa shape index (κ3) is 6.73. The second-order valence-corrected chi connectivity index (χ2v) is 16.2. The second-order valence-electron chi connectivity index (χ2n) is 16.2. The fourth-order valence-corrected chi connectivity index (χ4v) is 9.97. The third-order valence-electron chi connectivity index (χ3n) is 12.9. The number of fused-ring (bicyclic) bond motifs is 2. The number of ether oxygens (including phenoxy) is 1. The van der Waals surface area contributed by atoms with Crippen molar-refractivity contribution in [2.75, 3.05) is 0 Å². The zero-order valence-electron chi connectivity index (χ0n) is 33.4. The van der Waals surface area contributed by atoms with E-state index in [0.717, 1.165) is 78.1 Å². The van der Waals surface area contributed by atoms with E-state index in [2.05, 4.69) is 202 Å². The molecular formula is C54H52N2O. The van der Waals surface area contributed by atoms with Crippen molar-refractivity contribution in [3.63, 3.8) is 0 Å². The van der Waals surface area contributed by atoms with Gasteiger partial charge in [-0.1, -0.05) is 167 Å². The first-order chi connectivity index (χ1) is 28.0. The van der Waals surface area contributed by atoms with E-state index in [9.17, 15) is 0 Å². The Morgan fingerprint density at radius 1 is 0.632 bits per heavy atom. The van der Waals surface area contributed by atoms with Crippen molar-refractivity contribution in [1.82, 2.24) is 4.57 Å². The van der Waals surface area contributed by atoms with E-state index in [0.29, 0.717) is 0 Å². The van der Waals surface area contributed by atoms with Crippen LogP contribution in [0.2, 0.25) is 0 Å². The van der Waals surface area contributed by atoms with Crippen molar-refractivity contribution in [2.45, 2.75) is 76.4 Å². The van der Waals surface area contributed by atoms with Crippen molar-refractivity contribution < 1.29 is 4.74 Å². The van der Waals surface area contributed by atoms with E-state index in [1.165, 1.54) is 27.8 Å². The summed E-state index contributed by atoms with van der Waals surface area (Å²) in [7, 11) is 0. The van der Waals surface area contributed by atoms with E-state index < -0.39 is 5.60 Å². The average Bonchev–Trinajstić information content (AvgIpc) is 3.75. The standard InChI is InChI=1S/C54H52N2O/c1-4-21-42-28-20-31-45-48(5-2)53(3,44-29-16-9-17-30-44)49-38-54(49,50(55-51(42)45)32-35-56-33-18-19-34-56)57-52-46(40-24-12-7-13-25-40)36-43(39-22-10-6-11-23-39)37-47(52)41-26-14-8-15-27-41/h6-20,22-31,33-34,36-37,48-49H,4-5,21,32,35,38H2,1-3H3/t48?,49?,53?,54-/m0/s1. The molecule has 2 heterocycles. The molecular weight excluding hydrogens is 693 g/mol. The summed E-state index contributed by atoms with van der Waals surface area (Å²) < 4.78 is 10.4. The van der Waals surface area contributed by atoms with Gasteiger partial charge in [0.1, 0.15) is 5.75 Å². The maximum atomic E-state index is 8.08. The normalized spacial score (nSPS) is 21.1. The number of benzene rings is 6. The summed E-state index contributed by atoms with van der Waals surface area (Å²) in [4.78, 5) is 5.91. The zero-order valence-corrected chi connectivity index (χ0v) is 33.4. The number of nitrogens with zero attached hydrogens (tertiary/aromatic N) is 2. The summed E-state index contributed by atoms with van der Waals surface area (Å²) in [6.07, 6.45) is 9.08. The van der Waals surface area contributed by atoms with Crippen molar-refractivity contribution in [1.29, 1.82) is 0 Å². The maximum Gasteiger partial charge on any atom is 0.151 e. The van der Waals surface area contributed by atoms with E-state index in [1.54, 1.807) is 0 Å². The fourth-order valence-electron chi connectivity index (χ4n) is 9.97. The molecule has 9 rings (SSSR count). The first kappa shape index (κ1) is 36.7. The Morgan fingerprint density at radius 2 is 1.21 bits per heavy atom. The summed E-state index contributed by atoms with van der Waals surface area (Å²) >= 11 is 0. The molecule has 0 saturated heterocycles. The Morgan fingerprint density at radius 3 is 1.79 bits per heavy atom. The number of hydrogen-bond acceptors (Lipinski definition) is 2. The highest BCUT2D eigenvalue weighted by Gasteiger charge is 2.69. The predicted octanol–water partition coefficient (Wildman–Crippen LogP) is 13.9. The summed E-state index contributed by atoms with van der Waals surface area (Å²) in [5.74, 6) is 1.36. The van der Waals surface area contributed by atoms with Gasteiger partial charge in [0, 0.05) is 54.2 Å². The molecule has 0 bridgehead atoms. The largest absolute Gasteiger partial charge is 0.480 e. The maximum absolute atomic E-state index is 8.08. The number of para-hydroxylation sites is 1. The predicted molar refractivity (Wildman–Crippen MR) is 238 cm³/mol. The first-order valence-corrected chi connectivity index (χ1v) is 20.9. The van der Waals surface area contributed by atoms with Crippen LogP contribution in [0.15, 0.2) is 181 Å². The summed E-state index contributed by atoms with van der Waals surface area (Å²) in [5, 5.41) is 0. The topological polar surface area (TPSA) is 26.5 Å². The van der Waals surface area contributed by atoms with Crippen LogP contribution in [0.4, 0.5) is 5.69 Å². The lowest BCUT2D eigenvalue weighted by Gasteiger charge is -2.43. The Balaban J connectivity index is 1.33. The summed E-state index contributed by atoms with van der Waals surface area (Å²) in [6.45, 7) is 8.01. The molecule has 3 unspecified atom stereocenters. The van der Waals surface area contributed by atoms with Gasteiger partial charge in [0.05, 0.1) is 11.4 Å². The monoisotopic (exact) mass is 744 g/mol. The molecule has 0 spiro atoms. The van der Waals surface area contributed by atoms with E-state index in [1.807, 2.05) is 0 Å². The molecule has 0 radical (unpaired) electrons. The van der Waals surface area contributed by atoms with Crippen LogP contribution in [-0.4, -0.2) is 15.9 Å². The van der Waals surface area contributed by atoms with Gasteiger partial charge in [0.2, 0.25) is 0 Å². The number of rotatable bonds is 12. The van der Waals surface area contributed by atoms with Crippen molar-refractivity contribution in [2.24, 2.45) is 10.9 Å². The molecule has 1 fully saturated rings. The third-order valence-corrected chi connectivity index (χ3v) is 12.9. The van der Waals surface area contributed by atoms with E-state index in [4.69, 9.17) is 9.73 Å².